The molecule has 9 heavy (non-hydrogen) atoms. The van der Waals surface area contributed by atoms with Crippen LogP contribution in [0.1, 0.15) is 6.42 Å². The van der Waals surface area contributed by atoms with E-state index in [0.717, 1.165) is 0 Å². The Bertz CT molecular complexity index is 147. The van der Waals surface area contributed by atoms with Gasteiger partial charge in [0.15, 0.2) is 0 Å². The van der Waals surface area contributed by atoms with E-state index in [1.54, 1.807) is 3.88 Å². The van der Waals surface area contributed by atoms with E-state index < -0.39 is 0 Å². The van der Waals surface area contributed by atoms with Crippen molar-refractivity contribution in [2.75, 3.05) is 0 Å². The van der Waals surface area contributed by atoms with E-state index in [0.29, 0.717) is 18.4 Å². The van der Waals surface area contributed by atoms with Crippen molar-refractivity contribution in [3.63, 3.8) is 0 Å². The standard InChI is InChI=1S/C5H5.C2H7Si.Ti/c1-2-4-5-3-1;1-3-2;/h1-3H,4H2;3H,1-2H3;. The molecule has 1 aliphatic carbocycles. The van der Waals surface area contributed by atoms with Crippen LogP contribution in [0.25, 0.3) is 0 Å². The molecule has 0 bridgehead atoms. The Morgan fingerprint density at radius 3 is 2.78 bits per heavy atom. The summed E-state index contributed by atoms with van der Waals surface area (Å²) in [6.07, 6.45) is 8.09. The Kier molecular flexibility index (Phi) is 2.96. The fourth-order valence-electron chi connectivity index (χ4n) is 0.925. The average molecular weight is 172 g/mol. The van der Waals surface area contributed by atoms with Gasteiger partial charge in [-0.3, -0.25) is 0 Å². The second-order valence-corrected chi connectivity index (χ2v) is 13.0. The van der Waals surface area contributed by atoms with Crippen molar-refractivity contribution in [1.82, 2.24) is 0 Å². The van der Waals surface area contributed by atoms with Gasteiger partial charge in [0.2, 0.25) is 0 Å². The first-order chi connectivity index (χ1) is 4.29. The van der Waals surface area contributed by atoms with Gasteiger partial charge in [-0.15, -0.1) is 0 Å². The van der Waals surface area contributed by atoms with E-state index in [4.69, 9.17) is 0 Å². The third kappa shape index (κ3) is 2.66. The van der Waals surface area contributed by atoms with Crippen molar-refractivity contribution in [2.24, 2.45) is 0 Å². The van der Waals surface area contributed by atoms with Crippen LogP contribution in [0.4, 0.5) is 0 Å². The second-order valence-electron chi connectivity index (χ2n) is 2.62. The van der Waals surface area contributed by atoms with Gasteiger partial charge in [0.25, 0.3) is 0 Å². The van der Waals surface area contributed by atoms with Crippen LogP contribution in [0, 0.1) is 0 Å². The molecular formula is C7H12SiTi. The summed E-state index contributed by atoms with van der Waals surface area (Å²) in [4.78, 5) is 0. The van der Waals surface area contributed by atoms with Crippen molar-refractivity contribution < 1.29 is 18.4 Å². The predicted molar refractivity (Wildman–Crippen MR) is 40.7 cm³/mol. The predicted octanol–water partition coefficient (Wildman–Crippen LogP) is 1.90. The molecule has 0 unspecified atom stereocenters. The molecule has 0 saturated heterocycles. The molecule has 0 saturated carbocycles. The summed E-state index contributed by atoms with van der Waals surface area (Å²) in [6.45, 7) is 4.71. The fourth-order valence-corrected chi connectivity index (χ4v) is 6.69. The van der Waals surface area contributed by atoms with Gasteiger partial charge in [0, 0.05) is 0 Å². The molecule has 2 heteroatoms. The maximum absolute atomic E-state index is 2.46. The first-order valence-electron chi connectivity index (χ1n) is 3.41. The van der Waals surface area contributed by atoms with E-state index in [-0.39, 0.29) is 6.66 Å². The van der Waals surface area contributed by atoms with Crippen molar-refractivity contribution in [1.29, 1.82) is 0 Å². The van der Waals surface area contributed by atoms with Crippen LogP contribution in [0.15, 0.2) is 22.1 Å². The van der Waals surface area contributed by atoms with E-state index in [9.17, 15) is 0 Å². The van der Waals surface area contributed by atoms with Gasteiger partial charge in [0.05, 0.1) is 0 Å². The summed E-state index contributed by atoms with van der Waals surface area (Å²) < 4.78 is 1.77. The van der Waals surface area contributed by atoms with Crippen molar-refractivity contribution in [2.45, 2.75) is 19.5 Å². The zero-order chi connectivity index (χ0) is 6.69. The molecule has 0 atom stereocenters. The molecule has 0 nitrogen and oxygen atoms in total. The van der Waals surface area contributed by atoms with Gasteiger partial charge in [0.1, 0.15) is 0 Å². The van der Waals surface area contributed by atoms with Crippen molar-refractivity contribution in [3.05, 3.63) is 22.1 Å². The van der Waals surface area contributed by atoms with Crippen LogP contribution in [-0.4, -0.2) is 6.66 Å². The zero-order valence-corrected chi connectivity index (χ0v) is 8.73. The summed E-state index contributed by atoms with van der Waals surface area (Å²) in [5.41, 5.74) is 0. The van der Waals surface area contributed by atoms with Crippen LogP contribution in [0.5, 0.6) is 0 Å². The Morgan fingerprint density at radius 2 is 2.33 bits per heavy atom. The SMILES string of the molecule is C[SiH](C)[Ti][C]1=CC=CC1. The molecule has 0 aliphatic heterocycles. The van der Waals surface area contributed by atoms with Crippen molar-refractivity contribution >= 4 is 6.66 Å². The first-order valence-corrected chi connectivity index (χ1v) is 9.78. The summed E-state index contributed by atoms with van der Waals surface area (Å²) in [5, 5.41) is 0. The fraction of sp³-hybridized carbons (Fsp3) is 0.429. The monoisotopic (exact) mass is 172 g/mol. The summed E-state index contributed by atoms with van der Waals surface area (Å²) in [7, 11) is 0. The van der Waals surface area contributed by atoms with E-state index in [1.165, 1.54) is 6.42 Å². The summed E-state index contributed by atoms with van der Waals surface area (Å²) in [6, 6.07) is 0. The zero-order valence-electron chi connectivity index (χ0n) is 6.02. The average Bonchev–Trinajstić information content (AvgIpc) is 2.15. The van der Waals surface area contributed by atoms with Gasteiger partial charge in [-0.05, 0) is 0 Å². The molecule has 0 amide bonds. The molecule has 1 aliphatic rings. The van der Waals surface area contributed by atoms with Gasteiger partial charge < -0.3 is 0 Å². The van der Waals surface area contributed by atoms with Crippen LogP contribution in [0.2, 0.25) is 13.1 Å². The third-order valence-electron chi connectivity index (χ3n) is 1.25. The molecule has 0 heterocycles. The Hall–Kier alpha value is 0.411. The minimum atomic E-state index is -0.207. The molecule has 48 valence electrons. The number of hydrogen-bond donors (Lipinski definition) is 0. The Labute approximate surface area is 66.8 Å². The molecule has 0 spiro atoms. The maximum atomic E-state index is 2.46. The number of hydrogen-bond acceptors (Lipinski definition) is 0. The molecule has 0 N–H and O–H groups in total. The molecular weight excluding hydrogens is 160 g/mol. The molecule has 0 fully saturated rings. The summed E-state index contributed by atoms with van der Waals surface area (Å²) in [5.74, 6) is 0. The van der Waals surface area contributed by atoms with Crippen molar-refractivity contribution in [3.8, 4) is 0 Å². The normalized spacial score (nSPS) is 16.6. The molecule has 0 aromatic heterocycles. The number of rotatable bonds is 2. The first kappa shape index (κ1) is 7.52. The van der Waals surface area contributed by atoms with E-state index in [1.807, 2.05) is 0 Å². The Morgan fingerprint density at radius 1 is 1.56 bits per heavy atom. The van der Waals surface area contributed by atoms with E-state index >= 15 is 0 Å². The minimum absolute atomic E-state index is 0.207. The molecule has 1 rings (SSSR count). The number of allylic oxidation sites excluding steroid dienone is 4. The molecule has 0 radical (unpaired) electrons. The Balaban J connectivity index is 2.30. The van der Waals surface area contributed by atoms with Gasteiger partial charge >= 0.3 is 66.7 Å². The van der Waals surface area contributed by atoms with Crippen LogP contribution in [0.3, 0.4) is 0 Å². The van der Waals surface area contributed by atoms with Gasteiger partial charge in [-0.1, -0.05) is 0 Å². The summed E-state index contributed by atoms with van der Waals surface area (Å²) >= 11 is 0.375. The quantitative estimate of drug-likeness (QED) is 0.558. The second kappa shape index (κ2) is 3.55. The third-order valence-corrected chi connectivity index (χ3v) is 7.21. The van der Waals surface area contributed by atoms with E-state index in [2.05, 4.69) is 31.3 Å². The molecule has 0 aromatic carbocycles. The molecule has 0 aromatic rings. The van der Waals surface area contributed by atoms with Crippen LogP contribution >= 0.6 is 0 Å². The van der Waals surface area contributed by atoms with Crippen LogP contribution < -0.4 is 0 Å². The van der Waals surface area contributed by atoms with Crippen LogP contribution in [-0.2, 0) is 18.4 Å². The van der Waals surface area contributed by atoms with Gasteiger partial charge in [-0.25, -0.2) is 0 Å². The van der Waals surface area contributed by atoms with Gasteiger partial charge in [-0.2, -0.15) is 0 Å². The topological polar surface area (TPSA) is 0 Å².